The molecule has 3 heteroatoms. The molecule has 2 nitrogen and oxygen atoms in total. The Bertz CT molecular complexity index is 262. The second-order valence-corrected chi connectivity index (χ2v) is 5.94. The molecule has 1 aliphatic heterocycles. The number of nitrogens with zero attached hydrogens (tertiary/aromatic N) is 1. The molecule has 2 atom stereocenters. The highest BCUT2D eigenvalue weighted by Gasteiger charge is 2.48. The fraction of sp³-hybridized carbons (Fsp3) is 0.917. The SMILES string of the molecule is CC1CC(CCl)CN(C(=O)C2(C)CC2)C1. The normalized spacial score (nSPS) is 33.9. The van der Waals surface area contributed by atoms with Gasteiger partial charge in [0.15, 0.2) is 0 Å². The Hall–Kier alpha value is -0.240. The number of carbonyl (C=O) groups is 1. The van der Waals surface area contributed by atoms with Crippen molar-refractivity contribution in [3.63, 3.8) is 0 Å². The molecular formula is C12H20ClNO. The molecule has 2 unspecified atom stereocenters. The minimum absolute atomic E-state index is 0.0199. The molecule has 0 radical (unpaired) electrons. The van der Waals surface area contributed by atoms with Crippen LogP contribution in [0.3, 0.4) is 0 Å². The van der Waals surface area contributed by atoms with Crippen LogP contribution in [0.4, 0.5) is 0 Å². The summed E-state index contributed by atoms with van der Waals surface area (Å²) in [5, 5.41) is 0. The first-order chi connectivity index (χ1) is 7.05. The van der Waals surface area contributed by atoms with Crippen molar-refractivity contribution in [2.24, 2.45) is 17.3 Å². The highest BCUT2D eigenvalue weighted by molar-refractivity contribution is 6.18. The first-order valence-corrected chi connectivity index (χ1v) is 6.44. The summed E-state index contributed by atoms with van der Waals surface area (Å²) >= 11 is 5.91. The van der Waals surface area contributed by atoms with E-state index in [1.807, 2.05) is 4.90 Å². The Morgan fingerprint density at radius 2 is 2.13 bits per heavy atom. The highest BCUT2D eigenvalue weighted by atomic mass is 35.5. The van der Waals surface area contributed by atoms with Gasteiger partial charge in [-0.2, -0.15) is 0 Å². The zero-order valence-corrected chi connectivity index (χ0v) is 10.4. The van der Waals surface area contributed by atoms with Crippen molar-refractivity contribution >= 4 is 17.5 Å². The van der Waals surface area contributed by atoms with Crippen LogP contribution in [0.5, 0.6) is 0 Å². The Morgan fingerprint density at radius 3 is 2.67 bits per heavy atom. The van der Waals surface area contributed by atoms with Gasteiger partial charge in [-0.15, -0.1) is 11.6 Å². The van der Waals surface area contributed by atoms with E-state index < -0.39 is 0 Å². The lowest BCUT2D eigenvalue weighted by atomic mass is 9.90. The molecule has 0 N–H and O–H groups in total. The Morgan fingerprint density at radius 1 is 1.47 bits per heavy atom. The lowest BCUT2D eigenvalue weighted by molar-refractivity contribution is -0.139. The van der Waals surface area contributed by atoms with Gasteiger partial charge >= 0.3 is 0 Å². The zero-order valence-electron chi connectivity index (χ0n) is 9.63. The molecule has 1 saturated heterocycles. The minimum atomic E-state index is -0.0199. The lowest BCUT2D eigenvalue weighted by Crippen LogP contribution is -2.46. The van der Waals surface area contributed by atoms with E-state index in [1.165, 1.54) is 6.42 Å². The molecule has 1 aliphatic carbocycles. The van der Waals surface area contributed by atoms with E-state index in [4.69, 9.17) is 11.6 Å². The van der Waals surface area contributed by atoms with Crippen LogP contribution < -0.4 is 0 Å². The summed E-state index contributed by atoms with van der Waals surface area (Å²) in [5.41, 5.74) is -0.0199. The third-order valence-electron chi connectivity index (χ3n) is 3.77. The fourth-order valence-electron chi connectivity index (χ4n) is 2.54. The maximum absolute atomic E-state index is 12.2. The molecule has 2 rings (SSSR count). The van der Waals surface area contributed by atoms with Gasteiger partial charge in [0.1, 0.15) is 0 Å². The third-order valence-corrected chi connectivity index (χ3v) is 4.20. The van der Waals surface area contributed by atoms with Gasteiger partial charge in [0.05, 0.1) is 0 Å². The third kappa shape index (κ3) is 2.30. The number of carbonyl (C=O) groups excluding carboxylic acids is 1. The summed E-state index contributed by atoms with van der Waals surface area (Å²) in [6, 6.07) is 0. The average molecular weight is 230 g/mol. The second kappa shape index (κ2) is 3.97. The van der Waals surface area contributed by atoms with Crippen LogP contribution in [-0.2, 0) is 4.79 Å². The average Bonchev–Trinajstić information content (AvgIpc) is 2.95. The van der Waals surface area contributed by atoms with Crippen molar-refractivity contribution in [3.05, 3.63) is 0 Å². The van der Waals surface area contributed by atoms with Crippen LogP contribution in [0.25, 0.3) is 0 Å². The molecule has 1 saturated carbocycles. The van der Waals surface area contributed by atoms with E-state index in [-0.39, 0.29) is 5.41 Å². The summed E-state index contributed by atoms with van der Waals surface area (Å²) in [5.74, 6) is 2.16. The quantitative estimate of drug-likeness (QED) is 0.667. The predicted molar refractivity (Wildman–Crippen MR) is 61.9 cm³/mol. The largest absolute Gasteiger partial charge is 0.342 e. The van der Waals surface area contributed by atoms with E-state index in [2.05, 4.69) is 13.8 Å². The molecule has 0 spiro atoms. The number of halogens is 1. The van der Waals surface area contributed by atoms with Gasteiger partial charge in [0.25, 0.3) is 0 Å². The number of hydrogen-bond donors (Lipinski definition) is 0. The zero-order chi connectivity index (χ0) is 11.1. The topological polar surface area (TPSA) is 20.3 Å². The number of rotatable bonds is 2. The molecule has 0 aromatic heterocycles. The van der Waals surface area contributed by atoms with Gasteiger partial charge in [-0.05, 0) is 31.1 Å². The Labute approximate surface area is 97.0 Å². The standard InChI is InChI=1S/C12H20ClNO/c1-9-5-10(6-13)8-14(7-9)11(15)12(2)3-4-12/h9-10H,3-8H2,1-2H3. The van der Waals surface area contributed by atoms with Crippen molar-refractivity contribution in [1.82, 2.24) is 4.90 Å². The van der Waals surface area contributed by atoms with Crippen LogP contribution in [0.2, 0.25) is 0 Å². The van der Waals surface area contributed by atoms with Gasteiger partial charge in [0.2, 0.25) is 5.91 Å². The van der Waals surface area contributed by atoms with Crippen LogP contribution in [0.1, 0.15) is 33.1 Å². The number of piperidine rings is 1. The maximum atomic E-state index is 12.2. The summed E-state index contributed by atoms with van der Waals surface area (Å²) in [6.07, 6.45) is 3.31. The van der Waals surface area contributed by atoms with Crippen molar-refractivity contribution in [3.8, 4) is 0 Å². The first-order valence-electron chi connectivity index (χ1n) is 5.90. The summed E-state index contributed by atoms with van der Waals surface area (Å²) < 4.78 is 0. The summed E-state index contributed by atoms with van der Waals surface area (Å²) in [6.45, 7) is 6.11. The molecule has 15 heavy (non-hydrogen) atoms. The van der Waals surface area contributed by atoms with Crippen molar-refractivity contribution < 1.29 is 4.79 Å². The first kappa shape index (κ1) is 11.3. The number of alkyl halides is 1. The molecule has 2 aliphatic rings. The Kier molecular flexibility index (Phi) is 2.98. The van der Waals surface area contributed by atoms with Gasteiger partial charge in [-0.1, -0.05) is 13.8 Å². The number of amides is 1. The predicted octanol–water partition coefficient (Wildman–Crippen LogP) is 2.51. The Balaban J connectivity index is 1.99. The van der Waals surface area contributed by atoms with Crippen molar-refractivity contribution in [2.75, 3.05) is 19.0 Å². The van der Waals surface area contributed by atoms with Crippen molar-refractivity contribution in [2.45, 2.75) is 33.1 Å². The minimum Gasteiger partial charge on any atom is -0.342 e. The molecule has 86 valence electrons. The molecule has 0 aromatic rings. The van der Waals surface area contributed by atoms with E-state index >= 15 is 0 Å². The summed E-state index contributed by atoms with van der Waals surface area (Å²) in [4.78, 5) is 14.2. The number of hydrogen-bond acceptors (Lipinski definition) is 1. The molecule has 2 fully saturated rings. The van der Waals surface area contributed by atoms with Gasteiger partial charge < -0.3 is 4.90 Å². The van der Waals surface area contributed by atoms with Crippen LogP contribution >= 0.6 is 11.6 Å². The van der Waals surface area contributed by atoms with Crippen LogP contribution in [0, 0.1) is 17.3 Å². The van der Waals surface area contributed by atoms with E-state index in [0.29, 0.717) is 23.6 Å². The molecule has 1 heterocycles. The monoisotopic (exact) mass is 229 g/mol. The van der Waals surface area contributed by atoms with E-state index in [1.54, 1.807) is 0 Å². The number of likely N-dealkylation sites (tertiary alicyclic amines) is 1. The molecule has 0 aromatic carbocycles. The summed E-state index contributed by atoms with van der Waals surface area (Å²) in [7, 11) is 0. The molecular weight excluding hydrogens is 210 g/mol. The molecule has 0 bridgehead atoms. The molecule has 1 amide bonds. The van der Waals surface area contributed by atoms with E-state index in [0.717, 1.165) is 25.9 Å². The van der Waals surface area contributed by atoms with Gasteiger partial charge in [-0.25, -0.2) is 0 Å². The fourth-order valence-corrected chi connectivity index (χ4v) is 2.76. The van der Waals surface area contributed by atoms with Crippen LogP contribution in [-0.4, -0.2) is 29.8 Å². The second-order valence-electron chi connectivity index (χ2n) is 5.63. The van der Waals surface area contributed by atoms with Gasteiger partial charge in [0, 0.05) is 24.4 Å². The van der Waals surface area contributed by atoms with Crippen molar-refractivity contribution in [1.29, 1.82) is 0 Å². The van der Waals surface area contributed by atoms with Crippen LogP contribution in [0.15, 0.2) is 0 Å². The van der Waals surface area contributed by atoms with Gasteiger partial charge in [-0.3, -0.25) is 4.79 Å². The lowest BCUT2D eigenvalue weighted by Gasteiger charge is -2.37. The highest BCUT2D eigenvalue weighted by Crippen LogP contribution is 2.47. The maximum Gasteiger partial charge on any atom is 0.228 e. The smallest absolute Gasteiger partial charge is 0.228 e. The van der Waals surface area contributed by atoms with E-state index in [9.17, 15) is 4.79 Å².